The summed E-state index contributed by atoms with van der Waals surface area (Å²) in [4.78, 5) is 78.7. The van der Waals surface area contributed by atoms with Crippen molar-refractivity contribution in [1.82, 2.24) is 15.2 Å². The number of benzene rings is 2. The van der Waals surface area contributed by atoms with Gasteiger partial charge in [0.15, 0.2) is 10.8 Å². The summed E-state index contributed by atoms with van der Waals surface area (Å²) in [5.41, 5.74) is -0.608. The van der Waals surface area contributed by atoms with Crippen LogP contribution in [-0.2, 0) is 50.7 Å². The van der Waals surface area contributed by atoms with Gasteiger partial charge in [0, 0.05) is 17.0 Å². The third-order valence-electron chi connectivity index (χ3n) is 8.44. The van der Waals surface area contributed by atoms with Crippen LogP contribution in [0.1, 0.15) is 77.8 Å². The molecule has 0 aliphatic carbocycles. The number of carbonyl (C=O) groups excluding carboxylic acids is 5. The zero-order valence-electron chi connectivity index (χ0n) is 34.7. The molecule has 3 aromatic rings. The van der Waals surface area contributed by atoms with Crippen LogP contribution >= 0.6 is 34.7 Å². The number of nitrogens with zero attached hydrogens (tertiary/aromatic N) is 3. The fourth-order valence-corrected chi connectivity index (χ4v) is 7.63. The summed E-state index contributed by atoms with van der Waals surface area (Å²) < 4.78 is 21.8. The lowest BCUT2D eigenvalue weighted by atomic mass is 10.0. The Balaban J connectivity index is 1.41. The van der Waals surface area contributed by atoms with Crippen molar-refractivity contribution in [3.05, 3.63) is 93.6 Å². The summed E-state index contributed by atoms with van der Waals surface area (Å²) in [7, 11) is 1.55. The maximum atomic E-state index is 14.1. The highest BCUT2D eigenvalue weighted by molar-refractivity contribution is 8.00. The molecule has 1 saturated heterocycles. The van der Waals surface area contributed by atoms with Crippen LogP contribution in [0.15, 0.2) is 76.4 Å². The second-order valence-corrected chi connectivity index (χ2v) is 18.3. The van der Waals surface area contributed by atoms with Crippen molar-refractivity contribution in [3.63, 3.8) is 0 Å². The Bertz CT molecular complexity index is 2190. The van der Waals surface area contributed by atoms with E-state index < -0.39 is 63.8 Å². The minimum atomic E-state index is -1.66. The zero-order chi connectivity index (χ0) is 44.0. The summed E-state index contributed by atoms with van der Waals surface area (Å²) >= 11 is 8.28. The molecule has 2 aliphatic rings. The maximum Gasteiger partial charge on any atom is 0.413 e. The first-order valence-electron chi connectivity index (χ1n) is 18.8. The number of fused-ring (bicyclic) bond motifs is 1. The lowest BCUT2D eigenvalue weighted by molar-refractivity contribution is -0.179. The van der Waals surface area contributed by atoms with Crippen LogP contribution in [0.3, 0.4) is 0 Å². The number of methoxy groups -OCH3 is 1. The number of rotatable bonds is 14. The highest BCUT2D eigenvalue weighted by Gasteiger charge is 2.54. The molecule has 0 radical (unpaired) electrons. The Hall–Kier alpha value is -5.39. The number of anilines is 1. The van der Waals surface area contributed by atoms with E-state index in [9.17, 15) is 24.0 Å². The summed E-state index contributed by atoms with van der Waals surface area (Å²) in [5, 5.41) is 10.1. The van der Waals surface area contributed by atoms with E-state index in [1.807, 2.05) is 30.3 Å². The lowest BCUT2D eigenvalue weighted by Gasteiger charge is -2.49. The van der Waals surface area contributed by atoms with Gasteiger partial charge >= 0.3 is 18.0 Å². The number of oxime groups is 1. The standard InChI is InChI=1S/C42H48ClN5O10S2/c1-40(2,3)56-37(52)42(7,8)58-47-30(29-23-60-38(44-29)46-39(53)57-41(4,5)6)33(49)45-31-34(50)48-32(36(51)55-21-26-15-18-28(54-9)19-16-26)27(22-59-35(31)48)17-14-24-10-12-25(20-43)13-11-24/h10-19,23,31,35H,20-22H2,1-9H3,(H,45,49)(H,44,46,53)/b17-14-,47-30-/t31-,35-/m1/s1. The SMILES string of the molecule is COc1ccc(COC(=O)C2=C(/C=C\c3ccc(CCl)cc3)CS[C@@H]3[C@H](NC(=O)/C(=N\OC(C)(C)C(=O)OC(C)(C)C)c4csc(NC(=O)OC(C)(C)C)n4)C(=O)N23)cc1. The first-order valence-corrected chi connectivity index (χ1v) is 21.2. The molecular formula is C42H48ClN5O10S2. The van der Waals surface area contributed by atoms with Crippen LogP contribution in [0.2, 0.25) is 0 Å². The quantitative estimate of drug-likeness (QED) is 0.0416. The number of ether oxygens (including phenoxy) is 4. The van der Waals surface area contributed by atoms with Crippen LogP contribution in [0.4, 0.5) is 9.93 Å². The van der Waals surface area contributed by atoms with E-state index in [-0.39, 0.29) is 23.1 Å². The monoisotopic (exact) mass is 881 g/mol. The number of halogens is 1. The average molecular weight is 882 g/mol. The van der Waals surface area contributed by atoms with Gasteiger partial charge in [-0.2, -0.15) is 0 Å². The number of aromatic nitrogens is 1. The molecule has 320 valence electrons. The lowest BCUT2D eigenvalue weighted by Crippen LogP contribution is -2.71. The number of β-lactam (4-membered cyclic amide) rings is 1. The van der Waals surface area contributed by atoms with Crippen molar-refractivity contribution in [3.8, 4) is 5.75 Å². The van der Waals surface area contributed by atoms with Gasteiger partial charge in [0.05, 0.1) is 7.11 Å². The van der Waals surface area contributed by atoms with Gasteiger partial charge in [-0.15, -0.1) is 34.7 Å². The Morgan fingerprint density at radius 2 is 1.58 bits per heavy atom. The molecule has 3 heterocycles. The minimum absolute atomic E-state index is 0.0299. The molecule has 2 N–H and O–H groups in total. The molecule has 60 heavy (non-hydrogen) atoms. The molecule has 0 bridgehead atoms. The van der Waals surface area contributed by atoms with Crippen molar-refractivity contribution >= 4 is 81.5 Å². The van der Waals surface area contributed by atoms with E-state index in [2.05, 4.69) is 20.8 Å². The molecule has 3 amide bonds. The summed E-state index contributed by atoms with van der Waals surface area (Å²) in [6, 6.07) is 13.5. The van der Waals surface area contributed by atoms with Crippen LogP contribution in [0.5, 0.6) is 5.75 Å². The van der Waals surface area contributed by atoms with E-state index in [0.29, 0.717) is 28.5 Å². The first-order chi connectivity index (χ1) is 28.2. The number of allylic oxidation sites excluding steroid dienone is 1. The molecule has 1 aromatic heterocycles. The topological polar surface area (TPSA) is 184 Å². The van der Waals surface area contributed by atoms with Crippen LogP contribution in [0, 0.1) is 0 Å². The molecule has 0 saturated carbocycles. The number of alkyl halides is 1. The molecule has 2 aliphatic heterocycles. The number of esters is 2. The van der Waals surface area contributed by atoms with Gasteiger partial charge in [-0.05, 0) is 89.8 Å². The average Bonchev–Trinajstić information content (AvgIpc) is 3.64. The number of thiazole rings is 1. The highest BCUT2D eigenvalue weighted by atomic mass is 35.5. The van der Waals surface area contributed by atoms with Crippen molar-refractivity contribution in [2.45, 2.75) is 96.1 Å². The van der Waals surface area contributed by atoms with Gasteiger partial charge in [0.25, 0.3) is 11.8 Å². The smallest absolute Gasteiger partial charge is 0.413 e. The molecule has 5 rings (SSSR count). The summed E-state index contributed by atoms with van der Waals surface area (Å²) in [6.07, 6.45) is 2.82. The first kappa shape index (κ1) is 45.7. The fraction of sp³-hybridized carbons (Fsp3) is 0.405. The fourth-order valence-electron chi connectivity index (χ4n) is 5.46. The number of hydrogen-bond acceptors (Lipinski definition) is 14. The predicted octanol–water partition coefficient (Wildman–Crippen LogP) is 7.19. The normalized spacial score (nSPS) is 17.1. The van der Waals surface area contributed by atoms with E-state index >= 15 is 0 Å². The Kier molecular flexibility index (Phi) is 14.4. The number of nitrogens with one attached hydrogen (secondary N) is 2. The zero-order valence-corrected chi connectivity index (χ0v) is 37.1. The van der Waals surface area contributed by atoms with Crippen molar-refractivity contribution in [2.24, 2.45) is 5.16 Å². The third kappa shape index (κ3) is 11.9. The van der Waals surface area contributed by atoms with Gasteiger partial charge in [-0.25, -0.2) is 19.4 Å². The van der Waals surface area contributed by atoms with Gasteiger partial charge in [0.1, 0.15) is 46.4 Å². The number of carbonyl (C=O) groups is 5. The molecule has 0 unspecified atom stereocenters. The summed E-state index contributed by atoms with van der Waals surface area (Å²) in [6.45, 7) is 13.0. The third-order valence-corrected chi connectivity index (χ3v) is 10.8. The molecule has 2 atom stereocenters. The van der Waals surface area contributed by atoms with Crippen molar-refractivity contribution < 1.29 is 47.8 Å². The second-order valence-electron chi connectivity index (χ2n) is 16.1. The number of amides is 3. The highest BCUT2D eigenvalue weighted by Crippen LogP contribution is 2.41. The molecule has 18 heteroatoms. The predicted molar refractivity (Wildman–Crippen MR) is 229 cm³/mol. The largest absolute Gasteiger partial charge is 0.497 e. The Morgan fingerprint density at radius 3 is 2.20 bits per heavy atom. The van der Waals surface area contributed by atoms with Gasteiger partial charge in [-0.1, -0.05) is 53.7 Å². The van der Waals surface area contributed by atoms with Crippen LogP contribution in [-0.4, -0.2) is 86.5 Å². The number of thioether (sulfide) groups is 1. The van der Waals surface area contributed by atoms with E-state index in [1.165, 1.54) is 35.9 Å². The van der Waals surface area contributed by atoms with Gasteiger partial charge in [0.2, 0.25) is 5.60 Å². The molecule has 15 nitrogen and oxygen atoms in total. The number of hydrogen-bond donors (Lipinski definition) is 2. The molecule has 1 fully saturated rings. The van der Waals surface area contributed by atoms with E-state index in [0.717, 1.165) is 22.5 Å². The minimum Gasteiger partial charge on any atom is -0.497 e. The Morgan fingerprint density at radius 1 is 0.933 bits per heavy atom. The maximum absolute atomic E-state index is 14.1. The second kappa shape index (κ2) is 18.9. The van der Waals surface area contributed by atoms with Crippen molar-refractivity contribution in [2.75, 3.05) is 18.2 Å². The van der Waals surface area contributed by atoms with Crippen molar-refractivity contribution in [1.29, 1.82) is 0 Å². The molecule has 2 aromatic carbocycles. The van der Waals surface area contributed by atoms with Gasteiger partial charge < -0.3 is 29.1 Å². The molecular weight excluding hydrogens is 834 g/mol. The van der Waals surface area contributed by atoms with Crippen LogP contribution in [0.25, 0.3) is 6.08 Å². The Labute approximate surface area is 361 Å². The molecule has 0 spiro atoms. The summed E-state index contributed by atoms with van der Waals surface area (Å²) in [5.74, 6) is -1.61. The van der Waals surface area contributed by atoms with Crippen LogP contribution < -0.4 is 15.4 Å². The van der Waals surface area contributed by atoms with Gasteiger partial charge in [-0.3, -0.25) is 19.8 Å². The van der Waals surface area contributed by atoms with E-state index in [4.69, 9.17) is 35.4 Å². The van der Waals surface area contributed by atoms with E-state index in [1.54, 1.807) is 79.0 Å².